The van der Waals surface area contributed by atoms with E-state index >= 15 is 0 Å². The monoisotopic (exact) mass is 541 g/mol. The van der Waals surface area contributed by atoms with Crippen LogP contribution in [0.5, 0.6) is 11.5 Å². The number of hydrogen-bond donors (Lipinski definition) is 3. The molecule has 40 heavy (non-hydrogen) atoms. The molecule has 0 unspecified atom stereocenters. The summed E-state index contributed by atoms with van der Waals surface area (Å²) in [6, 6.07) is 18.8. The van der Waals surface area contributed by atoms with Crippen LogP contribution in [0, 0.1) is 0 Å². The van der Waals surface area contributed by atoms with Crippen molar-refractivity contribution in [1.82, 2.24) is 15.4 Å². The van der Waals surface area contributed by atoms with Crippen molar-refractivity contribution in [3.63, 3.8) is 0 Å². The number of rotatable bonds is 8. The van der Waals surface area contributed by atoms with E-state index in [1.165, 1.54) is 6.07 Å². The van der Waals surface area contributed by atoms with Crippen LogP contribution in [0.15, 0.2) is 65.2 Å². The number of aromatic hydroxyl groups is 2. The van der Waals surface area contributed by atoms with Crippen LogP contribution in [-0.4, -0.2) is 59.0 Å². The molecule has 1 fully saturated rings. The smallest absolute Gasteiger partial charge is 0.274 e. The van der Waals surface area contributed by atoms with Crippen LogP contribution in [-0.2, 0) is 11.3 Å². The minimum absolute atomic E-state index is 0.0492. The second-order valence-electron chi connectivity index (χ2n) is 10.3. The zero-order valence-electron chi connectivity index (χ0n) is 23.1. The van der Waals surface area contributed by atoms with Crippen molar-refractivity contribution in [2.24, 2.45) is 0 Å². The summed E-state index contributed by atoms with van der Waals surface area (Å²) >= 11 is 0. The fourth-order valence-corrected chi connectivity index (χ4v) is 5.16. The molecule has 1 aliphatic rings. The number of morpholine rings is 1. The van der Waals surface area contributed by atoms with Gasteiger partial charge in [-0.3, -0.25) is 9.69 Å². The Hall–Kier alpha value is -4.14. The first kappa shape index (κ1) is 27.4. The topological polar surface area (TPSA) is 108 Å². The molecule has 4 aromatic rings. The van der Waals surface area contributed by atoms with Gasteiger partial charge in [0.25, 0.3) is 5.91 Å². The van der Waals surface area contributed by atoms with Crippen LogP contribution in [0.4, 0.5) is 0 Å². The van der Waals surface area contributed by atoms with Crippen molar-refractivity contribution < 1.29 is 24.3 Å². The first-order chi connectivity index (χ1) is 19.4. The van der Waals surface area contributed by atoms with E-state index < -0.39 is 0 Å². The van der Waals surface area contributed by atoms with E-state index in [0.29, 0.717) is 23.2 Å². The van der Waals surface area contributed by atoms with Gasteiger partial charge >= 0.3 is 0 Å². The zero-order valence-corrected chi connectivity index (χ0v) is 23.1. The fraction of sp³-hybridized carbons (Fsp3) is 0.312. The van der Waals surface area contributed by atoms with E-state index in [2.05, 4.69) is 29.2 Å². The van der Waals surface area contributed by atoms with E-state index in [4.69, 9.17) is 9.26 Å². The normalized spacial score (nSPS) is 14.0. The molecule has 208 valence electrons. The zero-order chi connectivity index (χ0) is 28.2. The van der Waals surface area contributed by atoms with Crippen LogP contribution in [0.3, 0.4) is 0 Å². The molecule has 0 aliphatic carbocycles. The molecule has 1 aromatic heterocycles. The number of phenolic OH excluding ortho intramolecular Hbond substituents is 2. The van der Waals surface area contributed by atoms with Gasteiger partial charge < -0.3 is 24.8 Å². The Morgan fingerprint density at radius 1 is 0.975 bits per heavy atom. The number of carbonyl (C=O) groups excluding carboxylic acids is 1. The molecule has 2 heterocycles. The molecule has 0 bridgehead atoms. The minimum atomic E-state index is -0.367. The minimum Gasteiger partial charge on any atom is -0.507 e. The predicted molar refractivity (Wildman–Crippen MR) is 154 cm³/mol. The van der Waals surface area contributed by atoms with Gasteiger partial charge in [-0.05, 0) is 41.2 Å². The molecule has 1 saturated heterocycles. The highest BCUT2D eigenvalue weighted by molar-refractivity contribution is 6.03. The summed E-state index contributed by atoms with van der Waals surface area (Å²) < 4.78 is 11.2. The van der Waals surface area contributed by atoms with Crippen LogP contribution >= 0.6 is 0 Å². The summed E-state index contributed by atoms with van der Waals surface area (Å²) in [5.74, 6) is -0.121. The van der Waals surface area contributed by atoms with Gasteiger partial charge in [0.05, 0.1) is 24.3 Å². The van der Waals surface area contributed by atoms with E-state index in [0.717, 1.165) is 55.1 Å². The van der Waals surface area contributed by atoms with Crippen LogP contribution < -0.4 is 5.32 Å². The Labute approximate surface area is 234 Å². The number of phenols is 2. The highest BCUT2D eigenvalue weighted by Crippen LogP contribution is 2.45. The molecule has 5 rings (SSSR count). The standard InChI is InChI=1S/C32H35N3O5/c1-4-33-32(38)30-29(22-11-9-21(10-12-22)19-35-13-15-39-16-14-35)31(40-34-30)26-17-25(27(36)18-28(26)37)24-8-6-5-7-23(24)20(2)3/h5-12,17-18,20,36-37H,4,13-16,19H2,1-3H3,(H,33,38). The number of ether oxygens (including phenoxy) is 1. The molecule has 3 N–H and O–H groups in total. The predicted octanol–water partition coefficient (Wildman–Crippen LogP) is 5.79. The lowest BCUT2D eigenvalue weighted by atomic mass is 9.90. The maximum absolute atomic E-state index is 13.0. The molecular formula is C32H35N3O5. The maximum atomic E-state index is 13.0. The van der Waals surface area contributed by atoms with Gasteiger partial charge in [-0.15, -0.1) is 0 Å². The van der Waals surface area contributed by atoms with E-state index in [9.17, 15) is 15.0 Å². The summed E-state index contributed by atoms with van der Waals surface area (Å²) in [6.07, 6.45) is 0. The number of nitrogens with one attached hydrogen (secondary N) is 1. The average Bonchev–Trinajstić information content (AvgIpc) is 3.39. The second kappa shape index (κ2) is 11.9. The van der Waals surface area contributed by atoms with Gasteiger partial charge in [-0.25, -0.2) is 0 Å². The molecule has 3 aromatic carbocycles. The van der Waals surface area contributed by atoms with Gasteiger partial charge in [0.1, 0.15) is 11.5 Å². The molecular weight excluding hydrogens is 506 g/mol. The molecule has 0 radical (unpaired) electrons. The highest BCUT2D eigenvalue weighted by atomic mass is 16.5. The quantitative estimate of drug-likeness (QED) is 0.259. The Bertz CT molecular complexity index is 1490. The van der Waals surface area contributed by atoms with Crippen molar-refractivity contribution >= 4 is 5.91 Å². The average molecular weight is 542 g/mol. The van der Waals surface area contributed by atoms with Crippen LogP contribution in [0.2, 0.25) is 0 Å². The Balaban J connectivity index is 1.60. The second-order valence-corrected chi connectivity index (χ2v) is 10.3. The van der Waals surface area contributed by atoms with Crippen molar-refractivity contribution in [3.8, 4) is 45.1 Å². The largest absolute Gasteiger partial charge is 0.507 e. The van der Waals surface area contributed by atoms with Gasteiger partial charge in [0, 0.05) is 37.8 Å². The first-order valence-electron chi connectivity index (χ1n) is 13.7. The number of hydrogen-bond acceptors (Lipinski definition) is 7. The number of amides is 1. The summed E-state index contributed by atoms with van der Waals surface area (Å²) in [5, 5.41) is 28.8. The lowest BCUT2D eigenvalue weighted by Gasteiger charge is -2.26. The molecule has 0 spiro atoms. The third kappa shape index (κ3) is 5.59. The number of carbonyl (C=O) groups is 1. The number of nitrogens with zero attached hydrogens (tertiary/aromatic N) is 2. The van der Waals surface area contributed by atoms with E-state index in [1.54, 1.807) is 6.07 Å². The lowest BCUT2D eigenvalue weighted by Crippen LogP contribution is -2.35. The summed E-state index contributed by atoms with van der Waals surface area (Å²) in [5.41, 5.74) is 5.30. The van der Waals surface area contributed by atoms with Crippen LogP contribution in [0.1, 0.15) is 48.3 Å². The fourth-order valence-electron chi connectivity index (χ4n) is 5.16. The third-order valence-corrected chi connectivity index (χ3v) is 7.23. The number of benzene rings is 3. The third-order valence-electron chi connectivity index (χ3n) is 7.23. The van der Waals surface area contributed by atoms with E-state index in [-0.39, 0.29) is 34.8 Å². The van der Waals surface area contributed by atoms with Gasteiger partial charge in [-0.1, -0.05) is 67.5 Å². The van der Waals surface area contributed by atoms with Crippen molar-refractivity contribution in [2.75, 3.05) is 32.8 Å². The summed E-state index contributed by atoms with van der Waals surface area (Å²) in [6.45, 7) is 10.5. The Kier molecular flexibility index (Phi) is 8.19. The Morgan fingerprint density at radius 3 is 2.38 bits per heavy atom. The molecule has 8 nitrogen and oxygen atoms in total. The van der Waals surface area contributed by atoms with E-state index in [1.807, 2.05) is 55.5 Å². The molecule has 1 amide bonds. The number of aromatic nitrogens is 1. The maximum Gasteiger partial charge on any atom is 0.274 e. The SMILES string of the molecule is CCNC(=O)c1noc(-c2cc(-c3ccccc3C(C)C)c(O)cc2O)c1-c1ccc(CN2CCOCC2)cc1. The van der Waals surface area contributed by atoms with Gasteiger partial charge in [0.15, 0.2) is 11.5 Å². The van der Waals surface area contributed by atoms with Crippen molar-refractivity contribution in [1.29, 1.82) is 0 Å². The Morgan fingerprint density at radius 2 is 1.68 bits per heavy atom. The van der Waals surface area contributed by atoms with Crippen molar-refractivity contribution in [3.05, 3.63) is 77.5 Å². The lowest BCUT2D eigenvalue weighted by molar-refractivity contribution is 0.0342. The van der Waals surface area contributed by atoms with Gasteiger partial charge in [0.2, 0.25) is 0 Å². The molecule has 0 saturated carbocycles. The molecule has 8 heteroatoms. The first-order valence-corrected chi connectivity index (χ1v) is 13.7. The van der Waals surface area contributed by atoms with Crippen molar-refractivity contribution in [2.45, 2.75) is 33.2 Å². The van der Waals surface area contributed by atoms with Crippen LogP contribution in [0.25, 0.3) is 33.6 Å². The molecule has 1 aliphatic heterocycles. The highest BCUT2D eigenvalue weighted by Gasteiger charge is 2.27. The molecule has 0 atom stereocenters. The summed E-state index contributed by atoms with van der Waals surface area (Å²) in [4.78, 5) is 15.3. The summed E-state index contributed by atoms with van der Waals surface area (Å²) in [7, 11) is 0. The van der Waals surface area contributed by atoms with Gasteiger partial charge in [-0.2, -0.15) is 0 Å².